The van der Waals surface area contributed by atoms with Crippen molar-refractivity contribution in [1.29, 1.82) is 0 Å². The van der Waals surface area contributed by atoms with Crippen LogP contribution in [-0.4, -0.2) is 10.2 Å². The molecule has 2 aromatic rings. The van der Waals surface area contributed by atoms with Gasteiger partial charge in [0, 0.05) is 11.9 Å². The van der Waals surface area contributed by atoms with E-state index in [2.05, 4.69) is 34.6 Å². The fraction of sp³-hybridized carbons (Fsp3) is 0.100. The van der Waals surface area contributed by atoms with Gasteiger partial charge in [-0.25, -0.2) is 0 Å². The Labute approximate surface area is 76.8 Å². The Morgan fingerprint density at radius 2 is 1.92 bits per heavy atom. The van der Waals surface area contributed by atoms with Crippen LogP contribution in [0.5, 0.6) is 0 Å². The van der Waals surface area contributed by atoms with E-state index in [0.717, 1.165) is 11.4 Å². The van der Waals surface area contributed by atoms with E-state index < -0.39 is 0 Å². The lowest BCUT2D eigenvalue weighted by atomic mass is 10.2. The van der Waals surface area contributed by atoms with Crippen LogP contribution in [0.15, 0.2) is 36.7 Å². The van der Waals surface area contributed by atoms with Crippen molar-refractivity contribution in [2.45, 2.75) is 6.92 Å². The number of anilines is 2. The number of H-pyrrole nitrogens is 1. The first-order valence-electron chi connectivity index (χ1n) is 4.17. The van der Waals surface area contributed by atoms with Crippen molar-refractivity contribution >= 4 is 11.4 Å². The van der Waals surface area contributed by atoms with E-state index in [1.165, 1.54) is 5.56 Å². The summed E-state index contributed by atoms with van der Waals surface area (Å²) in [5, 5.41) is 9.81. The first-order chi connectivity index (χ1) is 6.34. The predicted octanol–water partition coefficient (Wildman–Crippen LogP) is 2.46. The largest absolute Gasteiger partial charge is 0.353 e. The van der Waals surface area contributed by atoms with Crippen LogP contribution < -0.4 is 5.32 Å². The molecule has 0 spiro atoms. The summed E-state index contributed by atoms with van der Waals surface area (Å²) >= 11 is 0. The Kier molecular flexibility index (Phi) is 2.00. The molecule has 0 bridgehead atoms. The summed E-state index contributed by atoms with van der Waals surface area (Å²) < 4.78 is 0. The van der Waals surface area contributed by atoms with Gasteiger partial charge in [-0.2, -0.15) is 5.10 Å². The third-order valence-electron chi connectivity index (χ3n) is 1.84. The topological polar surface area (TPSA) is 40.7 Å². The van der Waals surface area contributed by atoms with Crippen molar-refractivity contribution in [3.8, 4) is 0 Å². The van der Waals surface area contributed by atoms with E-state index in [-0.39, 0.29) is 0 Å². The van der Waals surface area contributed by atoms with Gasteiger partial charge in [0.05, 0.1) is 11.9 Å². The van der Waals surface area contributed by atoms with Gasteiger partial charge >= 0.3 is 0 Å². The van der Waals surface area contributed by atoms with Gasteiger partial charge in [-0.15, -0.1) is 0 Å². The number of hydrogen-bond acceptors (Lipinski definition) is 2. The van der Waals surface area contributed by atoms with Gasteiger partial charge < -0.3 is 5.32 Å². The van der Waals surface area contributed by atoms with Crippen LogP contribution in [0.3, 0.4) is 0 Å². The molecule has 3 nitrogen and oxygen atoms in total. The molecule has 0 atom stereocenters. The third-order valence-corrected chi connectivity index (χ3v) is 1.84. The smallest absolute Gasteiger partial charge is 0.0767 e. The number of aromatic nitrogens is 2. The van der Waals surface area contributed by atoms with Crippen LogP contribution in [0.2, 0.25) is 0 Å². The lowest BCUT2D eigenvalue weighted by Crippen LogP contribution is -1.87. The highest BCUT2D eigenvalue weighted by molar-refractivity contribution is 5.57. The molecule has 13 heavy (non-hydrogen) atoms. The monoisotopic (exact) mass is 173 g/mol. The van der Waals surface area contributed by atoms with E-state index in [1.807, 2.05) is 18.3 Å². The summed E-state index contributed by atoms with van der Waals surface area (Å²) in [6, 6.07) is 8.23. The summed E-state index contributed by atoms with van der Waals surface area (Å²) in [7, 11) is 0. The van der Waals surface area contributed by atoms with Gasteiger partial charge in [-0.1, -0.05) is 17.7 Å². The second kappa shape index (κ2) is 3.31. The van der Waals surface area contributed by atoms with Gasteiger partial charge in [0.1, 0.15) is 0 Å². The maximum Gasteiger partial charge on any atom is 0.0767 e. The van der Waals surface area contributed by atoms with E-state index >= 15 is 0 Å². The molecule has 1 aromatic carbocycles. The zero-order chi connectivity index (χ0) is 9.10. The minimum absolute atomic E-state index is 0.976. The molecule has 0 fully saturated rings. The molecule has 0 aliphatic carbocycles. The maximum atomic E-state index is 3.85. The quantitative estimate of drug-likeness (QED) is 0.732. The minimum Gasteiger partial charge on any atom is -0.353 e. The summed E-state index contributed by atoms with van der Waals surface area (Å²) in [5.74, 6) is 0. The Balaban J connectivity index is 2.15. The number of benzene rings is 1. The minimum atomic E-state index is 0.976. The van der Waals surface area contributed by atoms with Crippen molar-refractivity contribution < 1.29 is 0 Å². The highest BCUT2D eigenvalue weighted by atomic mass is 15.1. The summed E-state index contributed by atoms with van der Waals surface area (Å²) in [4.78, 5) is 0. The molecular weight excluding hydrogens is 162 g/mol. The van der Waals surface area contributed by atoms with Crippen LogP contribution in [0.1, 0.15) is 5.56 Å². The summed E-state index contributed by atoms with van der Waals surface area (Å²) in [5.41, 5.74) is 3.31. The summed E-state index contributed by atoms with van der Waals surface area (Å²) in [6.45, 7) is 2.07. The van der Waals surface area contributed by atoms with E-state index in [9.17, 15) is 0 Å². The van der Waals surface area contributed by atoms with Gasteiger partial charge in [-0.05, 0) is 19.1 Å². The van der Waals surface area contributed by atoms with Crippen molar-refractivity contribution in [2.75, 3.05) is 5.32 Å². The number of hydrogen-bond donors (Lipinski definition) is 2. The molecule has 0 saturated carbocycles. The van der Waals surface area contributed by atoms with Crippen molar-refractivity contribution in [1.82, 2.24) is 10.2 Å². The summed E-state index contributed by atoms with van der Waals surface area (Å²) in [6.07, 6.45) is 3.57. The zero-order valence-electron chi connectivity index (χ0n) is 7.41. The predicted molar refractivity (Wildman–Crippen MR) is 53.0 cm³/mol. The van der Waals surface area contributed by atoms with Gasteiger partial charge in [0.2, 0.25) is 0 Å². The van der Waals surface area contributed by atoms with Crippen molar-refractivity contribution in [3.05, 3.63) is 42.2 Å². The number of rotatable bonds is 2. The standard InChI is InChI=1S/C10H11N3/c1-8-2-4-9(5-3-8)13-10-6-11-12-7-10/h2-7,13H,1H3,(H,11,12). The SMILES string of the molecule is Cc1ccc(Nc2cn[nH]c2)cc1. The zero-order valence-corrected chi connectivity index (χ0v) is 7.41. The highest BCUT2D eigenvalue weighted by Crippen LogP contribution is 2.14. The van der Waals surface area contributed by atoms with Crippen LogP contribution in [0.25, 0.3) is 0 Å². The van der Waals surface area contributed by atoms with Gasteiger partial charge in [0.15, 0.2) is 0 Å². The van der Waals surface area contributed by atoms with Gasteiger partial charge in [-0.3, -0.25) is 5.10 Å². The average molecular weight is 173 g/mol. The van der Waals surface area contributed by atoms with Crippen LogP contribution in [-0.2, 0) is 0 Å². The fourth-order valence-corrected chi connectivity index (χ4v) is 1.12. The molecule has 0 aliphatic rings. The molecule has 3 heteroatoms. The second-order valence-corrected chi connectivity index (χ2v) is 2.98. The van der Waals surface area contributed by atoms with E-state index in [0.29, 0.717) is 0 Å². The first-order valence-corrected chi connectivity index (χ1v) is 4.17. The number of aromatic amines is 1. The third kappa shape index (κ3) is 1.87. The number of aryl methyl sites for hydroxylation is 1. The van der Waals surface area contributed by atoms with Crippen molar-refractivity contribution in [2.24, 2.45) is 0 Å². The average Bonchev–Trinajstić information content (AvgIpc) is 2.62. The molecule has 0 saturated heterocycles. The first kappa shape index (κ1) is 7.86. The Morgan fingerprint density at radius 3 is 2.54 bits per heavy atom. The number of nitrogens with zero attached hydrogens (tertiary/aromatic N) is 1. The van der Waals surface area contributed by atoms with Crippen molar-refractivity contribution in [3.63, 3.8) is 0 Å². The molecule has 2 rings (SSSR count). The lowest BCUT2D eigenvalue weighted by Gasteiger charge is -2.02. The Hall–Kier alpha value is -1.77. The Morgan fingerprint density at radius 1 is 1.15 bits per heavy atom. The highest BCUT2D eigenvalue weighted by Gasteiger charge is 1.93. The van der Waals surface area contributed by atoms with E-state index in [1.54, 1.807) is 6.20 Å². The molecule has 1 aromatic heterocycles. The molecule has 0 unspecified atom stereocenters. The molecular formula is C10H11N3. The Bertz CT molecular complexity index is 362. The van der Waals surface area contributed by atoms with E-state index in [4.69, 9.17) is 0 Å². The maximum absolute atomic E-state index is 3.85. The lowest BCUT2D eigenvalue weighted by molar-refractivity contribution is 1.09. The normalized spacial score (nSPS) is 9.92. The van der Waals surface area contributed by atoms with Crippen LogP contribution in [0, 0.1) is 6.92 Å². The molecule has 0 radical (unpaired) electrons. The van der Waals surface area contributed by atoms with Crippen LogP contribution in [0.4, 0.5) is 11.4 Å². The molecule has 2 N–H and O–H groups in total. The van der Waals surface area contributed by atoms with Gasteiger partial charge in [0.25, 0.3) is 0 Å². The number of nitrogens with one attached hydrogen (secondary N) is 2. The molecule has 0 aliphatic heterocycles. The fourth-order valence-electron chi connectivity index (χ4n) is 1.12. The molecule has 1 heterocycles. The molecule has 0 amide bonds. The van der Waals surface area contributed by atoms with Crippen LogP contribution >= 0.6 is 0 Å². The molecule has 66 valence electrons. The second-order valence-electron chi connectivity index (χ2n) is 2.98.